The molecule has 0 spiro atoms. The molecule has 2 rings (SSSR count). The lowest BCUT2D eigenvalue weighted by molar-refractivity contribution is -0.124. The molecule has 0 aromatic heterocycles. The van der Waals surface area contributed by atoms with E-state index in [2.05, 4.69) is 5.32 Å². The van der Waals surface area contributed by atoms with E-state index in [4.69, 9.17) is 37.4 Å². The van der Waals surface area contributed by atoms with E-state index in [-0.39, 0.29) is 11.6 Å². The Morgan fingerprint density at radius 1 is 1.07 bits per heavy atom. The predicted molar refractivity (Wildman–Crippen MR) is 103 cm³/mol. The number of hydrogen-bond acceptors (Lipinski definition) is 5. The Labute approximate surface area is 167 Å². The topological polar surface area (TPSA) is 73.9 Å². The lowest BCUT2D eigenvalue weighted by Crippen LogP contribution is -2.31. The summed E-state index contributed by atoms with van der Waals surface area (Å²) in [7, 11) is 2.85. The maximum Gasteiger partial charge on any atom is 0.346 e. The van der Waals surface area contributed by atoms with Crippen LogP contribution in [-0.2, 0) is 9.53 Å². The number of ether oxygens (including phenoxy) is 3. The molecule has 0 saturated heterocycles. The Kier molecular flexibility index (Phi) is 7.33. The quantitative estimate of drug-likeness (QED) is 0.695. The number of carbonyl (C=O) groups excluding carboxylic acids is 2. The molecule has 0 heterocycles. The first-order chi connectivity index (χ1) is 12.9. The van der Waals surface area contributed by atoms with Gasteiger partial charge < -0.3 is 19.5 Å². The van der Waals surface area contributed by atoms with Crippen LogP contribution in [0.1, 0.15) is 28.9 Å². The summed E-state index contributed by atoms with van der Waals surface area (Å²) in [5.41, 5.74) is 0.816. The molecule has 0 unspecified atom stereocenters. The maximum atomic E-state index is 12.4. The highest BCUT2D eigenvalue weighted by molar-refractivity contribution is 6.35. The normalized spacial score (nSPS) is 11.4. The van der Waals surface area contributed by atoms with Crippen LogP contribution in [0.25, 0.3) is 0 Å². The second kappa shape index (κ2) is 9.48. The molecule has 0 aliphatic heterocycles. The standard InChI is InChI=1S/C19H19Cl2NO5/c1-11(13-8-7-12(20)9-14(13)21)22-17(23)10-27-19(24)18-15(25-2)5-4-6-16(18)26-3/h4-9,11H,10H2,1-3H3,(H,22,23)/t11-/m1/s1. The van der Waals surface area contributed by atoms with E-state index in [0.717, 1.165) is 0 Å². The third kappa shape index (κ3) is 5.28. The maximum absolute atomic E-state index is 12.4. The fourth-order valence-electron chi connectivity index (χ4n) is 2.47. The highest BCUT2D eigenvalue weighted by atomic mass is 35.5. The highest BCUT2D eigenvalue weighted by Gasteiger charge is 2.21. The Morgan fingerprint density at radius 2 is 1.70 bits per heavy atom. The Bertz CT molecular complexity index is 819. The zero-order chi connectivity index (χ0) is 20.0. The molecule has 1 N–H and O–H groups in total. The first-order valence-corrected chi connectivity index (χ1v) is 8.75. The Balaban J connectivity index is 2.00. The van der Waals surface area contributed by atoms with Crippen molar-refractivity contribution in [2.45, 2.75) is 13.0 Å². The van der Waals surface area contributed by atoms with Crippen LogP contribution in [0.5, 0.6) is 11.5 Å². The molecule has 8 heteroatoms. The van der Waals surface area contributed by atoms with Crippen LogP contribution in [-0.4, -0.2) is 32.7 Å². The largest absolute Gasteiger partial charge is 0.496 e. The number of amides is 1. The van der Waals surface area contributed by atoms with Crippen molar-refractivity contribution >= 4 is 35.1 Å². The van der Waals surface area contributed by atoms with Gasteiger partial charge in [0.15, 0.2) is 6.61 Å². The van der Waals surface area contributed by atoms with Crippen molar-refractivity contribution in [2.75, 3.05) is 20.8 Å². The average Bonchev–Trinajstić information content (AvgIpc) is 2.65. The van der Waals surface area contributed by atoms with Gasteiger partial charge >= 0.3 is 5.97 Å². The number of carbonyl (C=O) groups is 2. The van der Waals surface area contributed by atoms with Gasteiger partial charge in [-0.25, -0.2) is 4.79 Å². The van der Waals surface area contributed by atoms with Gasteiger partial charge in [0.25, 0.3) is 5.91 Å². The van der Waals surface area contributed by atoms with Gasteiger partial charge in [-0.1, -0.05) is 35.3 Å². The molecule has 0 aliphatic rings. The second-order valence-electron chi connectivity index (χ2n) is 5.57. The lowest BCUT2D eigenvalue weighted by atomic mass is 10.1. The van der Waals surface area contributed by atoms with Crippen molar-refractivity contribution in [1.29, 1.82) is 0 Å². The van der Waals surface area contributed by atoms with Crippen molar-refractivity contribution in [3.63, 3.8) is 0 Å². The lowest BCUT2D eigenvalue weighted by Gasteiger charge is -2.16. The van der Waals surface area contributed by atoms with Gasteiger partial charge in [0.05, 0.1) is 20.3 Å². The van der Waals surface area contributed by atoms with E-state index in [0.29, 0.717) is 27.1 Å². The molecule has 144 valence electrons. The molecule has 1 atom stereocenters. The first kappa shape index (κ1) is 20.9. The number of benzene rings is 2. The number of hydrogen-bond donors (Lipinski definition) is 1. The van der Waals surface area contributed by atoms with E-state index >= 15 is 0 Å². The number of rotatable bonds is 7. The molecule has 6 nitrogen and oxygen atoms in total. The minimum Gasteiger partial charge on any atom is -0.496 e. The predicted octanol–water partition coefficient (Wildman–Crippen LogP) is 4.04. The molecule has 0 bridgehead atoms. The Hall–Kier alpha value is -2.44. The zero-order valence-electron chi connectivity index (χ0n) is 15.0. The van der Waals surface area contributed by atoms with Crippen molar-refractivity contribution < 1.29 is 23.8 Å². The molecular formula is C19H19Cl2NO5. The first-order valence-electron chi connectivity index (χ1n) is 7.99. The molecule has 0 saturated carbocycles. The molecule has 1 amide bonds. The van der Waals surface area contributed by atoms with E-state index < -0.39 is 18.5 Å². The van der Waals surface area contributed by atoms with Gasteiger partial charge in [0, 0.05) is 10.0 Å². The number of nitrogens with one attached hydrogen (secondary N) is 1. The monoisotopic (exact) mass is 411 g/mol. The summed E-state index contributed by atoms with van der Waals surface area (Å²) in [4.78, 5) is 24.5. The SMILES string of the molecule is COc1cccc(OC)c1C(=O)OCC(=O)N[C@H](C)c1ccc(Cl)cc1Cl. The summed E-state index contributed by atoms with van der Waals surface area (Å²) >= 11 is 12.0. The summed E-state index contributed by atoms with van der Waals surface area (Å²) < 4.78 is 15.4. The van der Waals surface area contributed by atoms with Crippen molar-refractivity contribution in [2.24, 2.45) is 0 Å². The van der Waals surface area contributed by atoms with Gasteiger partial charge in [-0.2, -0.15) is 0 Å². The fraction of sp³-hybridized carbons (Fsp3) is 0.263. The van der Waals surface area contributed by atoms with Crippen molar-refractivity contribution in [3.8, 4) is 11.5 Å². The van der Waals surface area contributed by atoms with Crippen molar-refractivity contribution in [1.82, 2.24) is 5.32 Å². The minimum atomic E-state index is -0.725. The van der Waals surface area contributed by atoms with E-state index in [1.165, 1.54) is 14.2 Å². The van der Waals surface area contributed by atoms with Gasteiger partial charge in [-0.05, 0) is 36.8 Å². The van der Waals surface area contributed by atoms with Gasteiger partial charge in [0.2, 0.25) is 0 Å². The van der Waals surface area contributed by atoms with Crippen LogP contribution in [0.15, 0.2) is 36.4 Å². The molecule has 0 radical (unpaired) electrons. The average molecular weight is 412 g/mol. The van der Waals surface area contributed by atoms with Gasteiger partial charge in [0.1, 0.15) is 17.1 Å². The third-order valence-electron chi connectivity index (χ3n) is 3.77. The summed E-state index contributed by atoms with van der Waals surface area (Å²) in [6.45, 7) is 1.30. The second-order valence-corrected chi connectivity index (χ2v) is 6.41. The smallest absolute Gasteiger partial charge is 0.346 e. The molecular weight excluding hydrogens is 393 g/mol. The third-order valence-corrected chi connectivity index (χ3v) is 4.34. The van der Waals surface area contributed by atoms with E-state index in [1.807, 2.05) is 0 Å². The summed E-state index contributed by atoms with van der Waals surface area (Å²) in [5, 5.41) is 3.65. The van der Waals surface area contributed by atoms with Crippen LogP contribution in [0, 0.1) is 0 Å². The summed E-state index contributed by atoms with van der Waals surface area (Å²) in [5.74, 6) is -0.616. The van der Waals surface area contributed by atoms with Crippen LogP contribution < -0.4 is 14.8 Å². The van der Waals surface area contributed by atoms with E-state index in [9.17, 15) is 9.59 Å². The highest BCUT2D eigenvalue weighted by Crippen LogP contribution is 2.29. The minimum absolute atomic E-state index is 0.115. The van der Waals surface area contributed by atoms with Crippen LogP contribution >= 0.6 is 23.2 Å². The molecule has 0 fully saturated rings. The number of esters is 1. The molecule has 0 aliphatic carbocycles. The molecule has 27 heavy (non-hydrogen) atoms. The van der Waals surface area contributed by atoms with Crippen LogP contribution in [0.3, 0.4) is 0 Å². The van der Waals surface area contributed by atoms with Gasteiger partial charge in [-0.15, -0.1) is 0 Å². The van der Waals surface area contributed by atoms with Crippen LogP contribution in [0.4, 0.5) is 0 Å². The number of methoxy groups -OCH3 is 2. The van der Waals surface area contributed by atoms with Crippen LogP contribution in [0.2, 0.25) is 10.0 Å². The van der Waals surface area contributed by atoms with Crippen molar-refractivity contribution in [3.05, 3.63) is 57.6 Å². The zero-order valence-corrected chi connectivity index (χ0v) is 16.6. The fourth-order valence-corrected chi connectivity index (χ4v) is 3.04. The van der Waals surface area contributed by atoms with E-state index in [1.54, 1.807) is 43.3 Å². The summed E-state index contributed by atoms with van der Waals surface area (Å²) in [6.07, 6.45) is 0. The Morgan fingerprint density at radius 3 is 2.26 bits per heavy atom. The molecule has 2 aromatic carbocycles. The number of halogens is 2. The van der Waals surface area contributed by atoms with Gasteiger partial charge in [-0.3, -0.25) is 4.79 Å². The summed E-state index contributed by atoms with van der Waals surface area (Å²) in [6, 6.07) is 9.49. The molecule has 2 aromatic rings.